The van der Waals surface area contributed by atoms with Gasteiger partial charge in [0.15, 0.2) is 12.0 Å². The maximum atomic E-state index is 5.64. The van der Waals surface area contributed by atoms with Crippen LogP contribution in [0.4, 0.5) is 0 Å². The first-order valence-electron chi connectivity index (χ1n) is 3.87. The number of hydrogen-bond donors (Lipinski definition) is 1. The summed E-state index contributed by atoms with van der Waals surface area (Å²) < 4.78 is 5.13. The Hall–Kier alpha value is -1.84. The summed E-state index contributed by atoms with van der Waals surface area (Å²) in [5, 5.41) is 0. The Labute approximate surface area is 75.1 Å². The van der Waals surface area contributed by atoms with E-state index >= 15 is 0 Å². The van der Waals surface area contributed by atoms with Gasteiger partial charge >= 0.3 is 0 Å². The van der Waals surface area contributed by atoms with Gasteiger partial charge in [0, 0.05) is 12.6 Å². The molecule has 1 heterocycles. The van der Waals surface area contributed by atoms with Crippen LogP contribution in [0.5, 0.6) is 0 Å². The molecule has 1 aromatic heterocycles. The van der Waals surface area contributed by atoms with Crippen molar-refractivity contribution in [3.63, 3.8) is 0 Å². The minimum absolute atomic E-state index is 0.498. The maximum Gasteiger partial charge on any atom is 0.181 e. The zero-order valence-corrected chi connectivity index (χ0v) is 7.19. The van der Waals surface area contributed by atoms with Crippen LogP contribution in [0.2, 0.25) is 0 Å². The van der Waals surface area contributed by atoms with E-state index in [0.29, 0.717) is 5.84 Å². The topological polar surface area (TPSA) is 64.4 Å². The summed E-state index contributed by atoms with van der Waals surface area (Å²) in [6.45, 7) is 0. The molecule has 1 aromatic carbocycles. The molecule has 0 aliphatic heterocycles. The molecule has 2 N–H and O–H groups in total. The average Bonchev–Trinajstić information content (AvgIpc) is 2.63. The maximum absolute atomic E-state index is 5.64. The smallest absolute Gasteiger partial charge is 0.181 e. The number of hydrogen-bond acceptors (Lipinski definition) is 3. The standard InChI is InChI=1S/C9H9N3O/c1-11-9(10)6-2-3-7-8(4-6)13-5-12-7/h2-5H,1H3,(H2,10,11). The molecule has 0 fully saturated rings. The van der Waals surface area contributed by atoms with Gasteiger partial charge in [0.05, 0.1) is 0 Å². The van der Waals surface area contributed by atoms with Crippen molar-refractivity contribution >= 4 is 16.9 Å². The van der Waals surface area contributed by atoms with E-state index < -0.39 is 0 Å². The molecule has 0 unspecified atom stereocenters. The monoisotopic (exact) mass is 175 g/mol. The zero-order valence-electron chi connectivity index (χ0n) is 7.19. The molecule has 0 amide bonds. The van der Waals surface area contributed by atoms with Gasteiger partial charge in [-0.15, -0.1) is 0 Å². The van der Waals surface area contributed by atoms with Gasteiger partial charge in [-0.05, 0) is 18.2 Å². The minimum Gasteiger partial charge on any atom is -0.443 e. The van der Waals surface area contributed by atoms with Gasteiger partial charge in [-0.3, -0.25) is 4.99 Å². The highest BCUT2D eigenvalue weighted by Crippen LogP contribution is 2.13. The Morgan fingerprint density at radius 3 is 3.15 bits per heavy atom. The van der Waals surface area contributed by atoms with Crippen molar-refractivity contribution in [3.8, 4) is 0 Å². The van der Waals surface area contributed by atoms with Crippen LogP contribution in [0, 0.1) is 0 Å². The first-order chi connectivity index (χ1) is 6.31. The molecule has 0 aliphatic rings. The predicted octanol–water partition coefficient (Wildman–Crippen LogP) is 1.16. The van der Waals surface area contributed by atoms with Gasteiger partial charge in [0.1, 0.15) is 11.4 Å². The number of amidine groups is 1. The fourth-order valence-electron chi connectivity index (χ4n) is 1.14. The lowest BCUT2D eigenvalue weighted by molar-refractivity contribution is 0.602. The first-order valence-corrected chi connectivity index (χ1v) is 3.87. The second kappa shape index (κ2) is 2.90. The van der Waals surface area contributed by atoms with E-state index in [1.165, 1.54) is 6.39 Å². The van der Waals surface area contributed by atoms with Gasteiger partial charge in [-0.1, -0.05) is 0 Å². The lowest BCUT2D eigenvalue weighted by Crippen LogP contribution is -2.12. The minimum atomic E-state index is 0.498. The van der Waals surface area contributed by atoms with Gasteiger partial charge in [0.25, 0.3) is 0 Å². The third-order valence-corrected chi connectivity index (χ3v) is 1.87. The number of benzene rings is 1. The summed E-state index contributed by atoms with van der Waals surface area (Å²) >= 11 is 0. The van der Waals surface area contributed by atoms with E-state index in [1.807, 2.05) is 18.2 Å². The molecule has 2 rings (SSSR count). The average molecular weight is 175 g/mol. The Morgan fingerprint density at radius 2 is 2.38 bits per heavy atom. The SMILES string of the molecule is CN=C(N)c1ccc2ncoc2c1. The van der Waals surface area contributed by atoms with Crippen LogP contribution in [-0.4, -0.2) is 17.9 Å². The van der Waals surface area contributed by atoms with Crippen molar-refractivity contribution in [2.24, 2.45) is 10.7 Å². The molecule has 0 atom stereocenters. The fourth-order valence-corrected chi connectivity index (χ4v) is 1.14. The van der Waals surface area contributed by atoms with E-state index in [2.05, 4.69) is 9.98 Å². The van der Waals surface area contributed by atoms with Crippen LogP contribution >= 0.6 is 0 Å². The van der Waals surface area contributed by atoms with Gasteiger partial charge in [-0.25, -0.2) is 4.98 Å². The highest BCUT2D eigenvalue weighted by molar-refractivity contribution is 5.99. The fraction of sp³-hybridized carbons (Fsp3) is 0.111. The molecule has 0 saturated carbocycles. The number of aromatic nitrogens is 1. The Kier molecular flexibility index (Phi) is 1.73. The molecular weight excluding hydrogens is 166 g/mol. The van der Waals surface area contributed by atoms with Crippen molar-refractivity contribution in [2.45, 2.75) is 0 Å². The van der Waals surface area contributed by atoms with E-state index in [-0.39, 0.29) is 0 Å². The number of nitrogens with zero attached hydrogens (tertiary/aromatic N) is 2. The van der Waals surface area contributed by atoms with Crippen molar-refractivity contribution in [2.75, 3.05) is 7.05 Å². The van der Waals surface area contributed by atoms with E-state index in [1.54, 1.807) is 7.05 Å². The zero-order chi connectivity index (χ0) is 9.26. The van der Waals surface area contributed by atoms with E-state index in [0.717, 1.165) is 16.7 Å². The van der Waals surface area contributed by atoms with Crippen molar-refractivity contribution < 1.29 is 4.42 Å². The summed E-state index contributed by atoms with van der Waals surface area (Å²) in [5.74, 6) is 0.498. The summed E-state index contributed by atoms with van der Waals surface area (Å²) in [6.07, 6.45) is 1.41. The summed E-state index contributed by atoms with van der Waals surface area (Å²) in [5.41, 5.74) is 8.05. The number of aliphatic imine (C=N–C) groups is 1. The molecule has 66 valence electrons. The van der Waals surface area contributed by atoms with Crippen LogP contribution in [0.3, 0.4) is 0 Å². The number of oxazole rings is 1. The Morgan fingerprint density at radius 1 is 1.54 bits per heavy atom. The van der Waals surface area contributed by atoms with Crippen molar-refractivity contribution in [1.29, 1.82) is 0 Å². The Bertz CT molecular complexity index is 459. The van der Waals surface area contributed by atoms with Crippen LogP contribution in [0.15, 0.2) is 34.0 Å². The predicted molar refractivity (Wildman–Crippen MR) is 50.7 cm³/mol. The van der Waals surface area contributed by atoms with Crippen LogP contribution in [0.25, 0.3) is 11.1 Å². The van der Waals surface area contributed by atoms with Crippen molar-refractivity contribution in [3.05, 3.63) is 30.2 Å². The van der Waals surface area contributed by atoms with E-state index in [9.17, 15) is 0 Å². The number of nitrogens with two attached hydrogens (primary N) is 1. The van der Waals surface area contributed by atoms with Crippen LogP contribution in [-0.2, 0) is 0 Å². The molecule has 0 radical (unpaired) electrons. The third kappa shape index (κ3) is 1.26. The molecule has 0 aliphatic carbocycles. The third-order valence-electron chi connectivity index (χ3n) is 1.87. The lowest BCUT2D eigenvalue weighted by Gasteiger charge is -1.97. The first kappa shape index (κ1) is 7.79. The quantitative estimate of drug-likeness (QED) is 0.522. The van der Waals surface area contributed by atoms with Gasteiger partial charge in [0.2, 0.25) is 0 Å². The summed E-state index contributed by atoms with van der Waals surface area (Å²) in [4.78, 5) is 7.88. The summed E-state index contributed by atoms with van der Waals surface area (Å²) in [6, 6.07) is 5.55. The largest absolute Gasteiger partial charge is 0.443 e. The normalized spacial score (nSPS) is 12.2. The van der Waals surface area contributed by atoms with Crippen molar-refractivity contribution in [1.82, 2.24) is 4.98 Å². The van der Waals surface area contributed by atoms with Crippen LogP contribution < -0.4 is 5.73 Å². The van der Waals surface area contributed by atoms with Gasteiger partial charge < -0.3 is 10.2 Å². The molecule has 0 bridgehead atoms. The second-order valence-corrected chi connectivity index (χ2v) is 2.64. The molecular formula is C9H9N3O. The molecule has 0 spiro atoms. The second-order valence-electron chi connectivity index (χ2n) is 2.64. The molecule has 13 heavy (non-hydrogen) atoms. The molecule has 4 heteroatoms. The number of fused-ring (bicyclic) bond motifs is 1. The van der Waals surface area contributed by atoms with Crippen LogP contribution in [0.1, 0.15) is 5.56 Å². The van der Waals surface area contributed by atoms with Gasteiger partial charge in [-0.2, -0.15) is 0 Å². The molecule has 2 aromatic rings. The molecule has 0 saturated heterocycles. The molecule has 4 nitrogen and oxygen atoms in total. The van der Waals surface area contributed by atoms with E-state index in [4.69, 9.17) is 10.2 Å². The highest BCUT2D eigenvalue weighted by atomic mass is 16.3. The Balaban J connectivity index is 2.60. The lowest BCUT2D eigenvalue weighted by atomic mass is 10.2. The summed E-state index contributed by atoms with van der Waals surface area (Å²) in [7, 11) is 1.65. The highest BCUT2D eigenvalue weighted by Gasteiger charge is 2.01. The number of rotatable bonds is 1.